The van der Waals surface area contributed by atoms with Crippen molar-refractivity contribution in [3.63, 3.8) is 0 Å². The van der Waals surface area contributed by atoms with Crippen LogP contribution < -0.4 is 16.4 Å². The topological polar surface area (TPSA) is 122 Å². The number of urea groups is 1. The number of halogens is 1. The second kappa shape index (κ2) is 18.8. The van der Waals surface area contributed by atoms with Crippen molar-refractivity contribution in [2.45, 2.75) is 12.8 Å². The molecule has 35 heavy (non-hydrogen) atoms. The van der Waals surface area contributed by atoms with Crippen LogP contribution in [0.25, 0.3) is 0 Å². The van der Waals surface area contributed by atoms with E-state index in [4.69, 9.17) is 5.73 Å². The minimum atomic E-state index is -0.212. The maximum atomic E-state index is 11.4. The molecule has 0 unspecified atom stereocenters. The lowest BCUT2D eigenvalue weighted by atomic mass is 10.1. The number of hydrogen-bond donors (Lipinski definition) is 3. The number of amides is 2. The smallest absolute Gasteiger partial charge is 0.321 e. The van der Waals surface area contributed by atoms with E-state index in [0.29, 0.717) is 23.4 Å². The average Bonchev–Trinajstić information content (AvgIpc) is 3.56. The summed E-state index contributed by atoms with van der Waals surface area (Å²) in [6.45, 7) is 1.15. The molecule has 2 heterocycles. The lowest BCUT2D eigenvalue weighted by Crippen LogP contribution is -2.30. The van der Waals surface area contributed by atoms with E-state index in [2.05, 4.69) is 25.6 Å². The Morgan fingerprint density at radius 2 is 1.51 bits per heavy atom. The van der Waals surface area contributed by atoms with Crippen LogP contribution in [0.15, 0.2) is 88.8 Å². The van der Waals surface area contributed by atoms with Crippen molar-refractivity contribution in [3.05, 3.63) is 94.9 Å². The standard InChI is InChI=1S/C12H13N3OS.C9H9NO.C3H4N2S.ClH/c16-11(15-12-14-8-9-17-12)13-7-6-10-4-2-1-3-5-10;11-8-10-7-6-9-4-2-1-3-5-9;4-3-5-1-2-6-3;/h1-5,8-9H,6-7H2,(H2,13,14,15,16);1-5H,6-7H2;1-2H,(H2,4,5);1H. The number of rotatable bonds is 7. The van der Waals surface area contributed by atoms with Crippen molar-refractivity contribution in [1.82, 2.24) is 15.3 Å². The molecule has 0 spiro atoms. The van der Waals surface area contributed by atoms with Crippen molar-refractivity contribution in [3.8, 4) is 0 Å². The molecule has 0 aliphatic rings. The van der Waals surface area contributed by atoms with Crippen molar-refractivity contribution in [1.29, 1.82) is 0 Å². The van der Waals surface area contributed by atoms with Gasteiger partial charge in [0.05, 0.1) is 6.54 Å². The van der Waals surface area contributed by atoms with Gasteiger partial charge >= 0.3 is 6.03 Å². The van der Waals surface area contributed by atoms with Gasteiger partial charge < -0.3 is 11.1 Å². The number of hydrogen-bond acceptors (Lipinski definition) is 8. The molecule has 8 nitrogen and oxygen atoms in total. The maximum Gasteiger partial charge on any atom is 0.321 e. The first kappa shape index (κ1) is 29.5. The molecular formula is C24H27ClN6O2S2. The zero-order valence-corrected chi connectivity index (χ0v) is 21.3. The Balaban J connectivity index is 0.000000291. The normalized spacial score (nSPS) is 9.03. The Hall–Kier alpha value is -3.56. The van der Waals surface area contributed by atoms with Crippen molar-refractivity contribution in [2.24, 2.45) is 4.99 Å². The summed E-state index contributed by atoms with van der Waals surface area (Å²) in [4.78, 5) is 32.3. The highest BCUT2D eigenvalue weighted by molar-refractivity contribution is 7.13. The number of aromatic nitrogens is 2. The first-order valence-corrected chi connectivity index (χ1v) is 12.1. The van der Waals surface area contributed by atoms with E-state index in [1.807, 2.05) is 71.4 Å². The number of carbonyl (C=O) groups excluding carboxylic acids is 2. The molecule has 4 N–H and O–H groups in total. The molecule has 0 aliphatic carbocycles. The minimum absolute atomic E-state index is 0. The molecular weight excluding hydrogens is 504 g/mol. The van der Waals surface area contributed by atoms with Gasteiger partial charge in [-0.2, -0.15) is 0 Å². The Morgan fingerprint density at radius 1 is 0.914 bits per heavy atom. The third kappa shape index (κ3) is 14.3. The maximum absolute atomic E-state index is 11.4. The Labute approximate surface area is 218 Å². The molecule has 0 radical (unpaired) electrons. The van der Waals surface area contributed by atoms with Gasteiger partial charge in [-0.05, 0) is 24.0 Å². The third-order valence-electron chi connectivity index (χ3n) is 4.07. The predicted molar refractivity (Wildman–Crippen MR) is 146 cm³/mol. The van der Waals surface area contributed by atoms with Gasteiger partial charge in [0.1, 0.15) is 0 Å². The van der Waals surface area contributed by atoms with Crippen LogP contribution in [0.5, 0.6) is 0 Å². The fourth-order valence-electron chi connectivity index (χ4n) is 2.50. The first-order valence-electron chi connectivity index (χ1n) is 10.4. The third-order valence-corrected chi connectivity index (χ3v) is 5.36. The van der Waals surface area contributed by atoms with Crippen LogP contribution in [0, 0.1) is 0 Å². The van der Waals surface area contributed by atoms with Gasteiger partial charge in [0.2, 0.25) is 6.08 Å². The zero-order valence-electron chi connectivity index (χ0n) is 18.9. The average molecular weight is 531 g/mol. The first-order chi connectivity index (χ1) is 16.7. The van der Waals surface area contributed by atoms with Gasteiger partial charge in [0, 0.05) is 29.7 Å². The molecule has 4 rings (SSSR count). The highest BCUT2D eigenvalue weighted by Gasteiger charge is 2.02. The summed E-state index contributed by atoms with van der Waals surface area (Å²) in [5, 5.41) is 10.4. The van der Waals surface area contributed by atoms with Crippen LogP contribution >= 0.6 is 35.1 Å². The van der Waals surface area contributed by atoms with E-state index in [1.54, 1.807) is 12.4 Å². The number of thiazole rings is 2. The number of nitrogens with two attached hydrogens (primary N) is 1. The number of nitrogens with one attached hydrogen (secondary N) is 2. The van der Waals surface area contributed by atoms with E-state index in [1.165, 1.54) is 39.9 Å². The second-order valence-electron chi connectivity index (χ2n) is 6.53. The van der Waals surface area contributed by atoms with Gasteiger partial charge in [-0.25, -0.2) is 24.5 Å². The van der Waals surface area contributed by atoms with E-state index in [-0.39, 0.29) is 18.4 Å². The molecule has 2 aromatic heterocycles. The van der Waals surface area contributed by atoms with Crippen LogP contribution in [0.1, 0.15) is 11.1 Å². The molecule has 11 heteroatoms. The molecule has 4 aromatic rings. The number of benzene rings is 2. The van der Waals surface area contributed by atoms with Crippen LogP contribution in [0.4, 0.5) is 15.1 Å². The molecule has 0 aliphatic heterocycles. The van der Waals surface area contributed by atoms with Crippen LogP contribution in [0.2, 0.25) is 0 Å². The predicted octanol–water partition coefficient (Wildman–Crippen LogP) is 5.22. The molecule has 0 atom stereocenters. The molecule has 0 fully saturated rings. The monoisotopic (exact) mass is 530 g/mol. The molecule has 0 saturated heterocycles. The van der Waals surface area contributed by atoms with E-state index >= 15 is 0 Å². The fourth-order valence-corrected chi connectivity index (χ4v) is 3.41. The Bertz CT molecular complexity index is 1090. The molecule has 0 saturated carbocycles. The SMILES string of the molecule is Cl.Nc1nccs1.O=C(NCCc1ccccc1)Nc1nccs1.O=C=NCCc1ccccc1. The number of carbonyl (C=O) groups is 1. The van der Waals surface area contributed by atoms with Crippen LogP contribution in [-0.2, 0) is 17.6 Å². The largest absolute Gasteiger partial charge is 0.375 e. The van der Waals surface area contributed by atoms with Gasteiger partial charge in [0.25, 0.3) is 0 Å². The number of nitrogen functional groups attached to an aromatic ring is 1. The second-order valence-corrected chi connectivity index (χ2v) is 8.35. The van der Waals surface area contributed by atoms with Gasteiger partial charge in [-0.1, -0.05) is 60.7 Å². The number of anilines is 2. The summed E-state index contributed by atoms with van der Waals surface area (Å²) >= 11 is 2.84. The van der Waals surface area contributed by atoms with Gasteiger partial charge in [0.15, 0.2) is 10.3 Å². The van der Waals surface area contributed by atoms with Crippen molar-refractivity contribution < 1.29 is 9.59 Å². The highest BCUT2D eigenvalue weighted by atomic mass is 35.5. The lowest BCUT2D eigenvalue weighted by molar-refractivity contribution is 0.252. The van der Waals surface area contributed by atoms with E-state index in [9.17, 15) is 9.59 Å². The summed E-state index contributed by atoms with van der Waals surface area (Å²) in [5.41, 5.74) is 7.60. The Kier molecular flexibility index (Phi) is 15.8. The van der Waals surface area contributed by atoms with Gasteiger partial charge in [-0.15, -0.1) is 35.1 Å². The van der Waals surface area contributed by atoms with E-state index < -0.39 is 0 Å². The summed E-state index contributed by atoms with van der Waals surface area (Å²) < 4.78 is 0. The minimum Gasteiger partial charge on any atom is -0.375 e. The quantitative estimate of drug-likeness (QED) is 0.223. The number of nitrogens with zero attached hydrogens (tertiary/aromatic N) is 3. The molecule has 2 aromatic carbocycles. The molecule has 184 valence electrons. The molecule has 2 amide bonds. The summed E-state index contributed by atoms with van der Waals surface area (Å²) in [7, 11) is 0. The zero-order chi connectivity index (χ0) is 24.3. The Morgan fingerprint density at radius 3 is 2.00 bits per heavy atom. The fraction of sp³-hybridized carbons (Fsp3) is 0.167. The summed E-state index contributed by atoms with van der Waals surface area (Å²) in [5.74, 6) is 0. The summed E-state index contributed by atoms with van der Waals surface area (Å²) in [6.07, 6.45) is 6.49. The lowest BCUT2D eigenvalue weighted by Gasteiger charge is -2.05. The van der Waals surface area contributed by atoms with E-state index in [0.717, 1.165) is 12.8 Å². The number of isocyanates is 1. The van der Waals surface area contributed by atoms with Gasteiger partial charge in [-0.3, -0.25) is 5.32 Å². The summed E-state index contributed by atoms with van der Waals surface area (Å²) in [6, 6.07) is 19.8. The van der Waals surface area contributed by atoms with Crippen LogP contribution in [0.3, 0.4) is 0 Å². The van der Waals surface area contributed by atoms with Crippen molar-refractivity contribution >= 4 is 57.5 Å². The highest BCUT2D eigenvalue weighted by Crippen LogP contribution is 2.09. The molecule has 0 bridgehead atoms. The van der Waals surface area contributed by atoms with Crippen LogP contribution in [-0.4, -0.2) is 35.2 Å². The number of aliphatic imine (C=N–C) groups is 1. The van der Waals surface area contributed by atoms with Crippen molar-refractivity contribution in [2.75, 3.05) is 24.1 Å².